The van der Waals surface area contributed by atoms with Gasteiger partial charge in [-0.3, -0.25) is 4.90 Å². The van der Waals surface area contributed by atoms with E-state index < -0.39 is 11.6 Å². The predicted octanol–water partition coefficient (Wildman–Crippen LogP) is 3.13. The lowest BCUT2D eigenvalue weighted by atomic mass is 9.93. The van der Waals surface area contributed by atoms with Crippen molar-refractivity contribution < 1.29 is 13.6 Å². The average Bonchev–Trinajstić information content (AvgIpc) is 3.04. The summed E-state index contributed by atoms with van der Waals surface area (Å²) in [7, 11) is 1.89. The van der Waals surface area contributed by atoms with Gasteiger partial charge in [0, 0.05) is 44.2 Å². The quantitative estimate of drug-likeness (QED) is 0.736. The summed E-state index contributed by atoms with van der Waals surface area (Å²) < 4.78 is 27.1. The summed E-state index contributed by atoms with van der Waals surface area (Å²) in [5.41, 5.74) is 1.15. The molecule has 2 heterocycles. The number of benzene rings is 1. The fraction of sp³-hybridized carbons (Fsp3) is 0.333. The molecule has 25 heavy (non-hydrogen) atoms. The van der Waals surface area contributed by atoms with Gasteiger partial charge in [-0.05, 0) is 30.5 Å². The van der Waals surface area contributed by atoms with E-state index in [0.29, 0.717) is 32.6 Å². The van der Waals surface area contributed by atoms with Gasteiger partial charge in [-0.2, -0.15) is 5.26 Å². The molecule has 2 aliphatic heterocycles. The number of nitriles is 1. The number of hydrogen-bond donors (Lipinski definition) is 0. The van der Waals surface area contributed by atoms with Gasteiger partial charge in [-0.15, -0.1) is 0 Å². The molecule has 1 aromatic rings. The third-order valence-electron chi connectivity index (χ3n) is 4.43. The summed E-state index contributed by atoms with van der Waals surface area (Å²) in [4.78, 5) is 17.7. The molecule has 5 nitrogen and oxygen atoms in total. The van der Waals surface area contributed by atoms with Gasteiger partial charge < -0.3 is 9.80 Å². The second-order valence-electron chi connectivity index (χ2n) is 6.15. The van der Waals surface area contributed by atoms with E-state index in [1.54, 1.807) is 16.0 Å². The number of carbonyl (C=O) groups is 1. The van der Waals surface area contributed by atoms with Crippen molar-refractivity contribution in [2.75, 3.05) is 26.8 Å². The van der Waals surface area contributed by atoms with Gasteiger partial charge in [-0.1, -0.05) is 0 Å². The molecule has 0 bridgehead atoms. The van der Waals surface area contributed by atoms with Crippen LogP contribution in [0.5, 0.6) is 0 Å². The van der Waals surface area contributed by atoms with E-state index in [9.17, 15) is 18.8 Å². The summed E-state index contributed by atoms with van der Waals surface area (Å²) in [6.45, 7) is 1.45. The monoisotopic (exact) mass is 344 g/mol. The van der Waals surface area contributed by atoms with Crippen molar-refractivity contribution in [3.05, 3.63) is 53.4 Å². The predicted molar refractivity (Wildman–Crippen MR) is 88.7 cm³/mol. The van der Waals surface area contributed by atoms with Crippen LogP contribution in [-0.4, -0.2) is 47.5 Å². The van der Waals surface area contributed by atoms with Gasteiger partial charge in [0.2, 0.25) is 0 Å². The summed E-state index contributed by atoms with van der Waals surface area (Å²) in [5.74, 6) is -1.42. The van der Waals surface area contributed by atoms with Crippen molar-refractivity contribution in [1.82, 2.24) is 14.7 Å². The Labute approximate surface area is 145 Å². The van der Waals surface area contributed by atoms with Crippen molar-refractivity contribution >= 4 is 11.6 Å². The normalized spacial score (nSPS) is 17.0. The lowest BCUT2D eigenvalue weighted by Gasteiger charge is -2.32. The van der Waals surface area contributed by atoms with Crippen LogP contribution in [0.25, 0.3) is 5.57 Å². The highest BCUT2D eigenvalue weighted by Crippen LogP contribution is 2.28. The lowest BCUT2D eigenvalue weighted by Crippen LogP contribution is -2.44. The Balaban J connectivity index is 1.73. The highest BCUT2D eigenvalue weighted by Gasteiger charge is 2.27. The molecule has 1 saturated heterocycles. The molecule has 0 spiro atoms. The topological polar surface area (TPSA) is 50.6 Å². The number of rotatable bonds is 1. The maximum Gasteiger partial charge on any atom is 0.325 e. The summed E-state index contributed by atoms with van der Waals surface area (Å²) >= 11 is 0. The van der Waals surface area contributed by atoms with Gasteiger partial charge in [0.1, 0.15) is 11.6 Å². The molecule has 130 valence electrons. The Morgan fingerprint density at radius 2 is 1.92 bits per heavy atom. The van der Waals surface area contributed by atoms with Crippen LogP contribution in [-0.2, 0) is 0 Å². The fourth-order valence-electron chi connectivity index (χ4n) is 3.07. The number of allylic oxidation sites excluding steroid dienone is 1. The molecule has 2 amide bonds. The molecule has 1 fully saturated rings. The molecule has 0 N–H and O–H groups in total. The first-order valence-electron chi connectivity index (χ1n) is 8.01. The molecular weight excluding hydrogens is 326 g/mol. The van der Waals surface area contributed by atoms with Gasteiger partial charge in [0.15, 0.2) is 0 Å². The van der Waals surface area contributed by atoms with Gasteiger partial charge >= 0.3 is 6.03 Å². The number of piperidine rings is 1. The maximum atomic E-state index is 14.0. The van der Waals surface area contributed by atoms with Crippen molar-refractivity contribution in [1.29, 1.82) is 5.26 Å². The van der Waals surface area contributed by atoms with Crippen LogP contribution in [0.4, 0.5) is 13.6 Å². The van der Waals surface area contributed by atoms with Crippen LogP contribution in [0, 0.1) is 23.0 Å². The Hall–Kier alpha value is -2.88. The van der Waals surface area contributed by atoms with Crippen LogP contribution >= 0.6 is 0 Å². The standard InChI is InChI=1S/C18H18F2N4O/c1-22-8-9-24(12-22)18(25)23-6-4-13(5-7-23)16(11-21)15-3-2-14(19)10-17(15)20/h2-3,8-10H,4-7,12H2,1H3. The summed E-state index contributed by atoms with van der Waals surface area (Å²) in [6, 6.07) is 5.18. The SMILES string of the molecule is CN1C=CN(C(=O)N2CCC(=C(C#N)c3ccc(F)cc3F)CC2)C1. The molecule has 2 aliphatic rings. The minimum absolute atomic E-state index is 0.0777. The van der Waals surface area contributed by atoms with Crippen LogP contribution in [0.3, 0.4) is 0 Å². The van der Waals surface area contributed by atoms with Gasteiger partial charge in [-0.25, -0.2) is 13.6 Å². The van der Waals surface area contributed by atoms with E-state index in [1.165, 1.54) is 6.07 Å². The zero-order valence-corrected chi connectivity index (χ0v) is 13.9. The number of urea groups is 1. The van der Waals surface area contributed by atoms with Gasteiger partial charge in [0.25, 0.3) is 0 Å². The van der Waals surface area contributed by atoms with Gasteiger partial charge in [0.05, 0.1) is 18.3 Å². The van der Waals surface area contributed by atoms with Crippen LogP contribution in [0.1, 0.15) is 18.4 Å². The number of halogens is 2. The molecule has 0 radical (unpaired) electrons. The molecule has 0 saturated carbocycles. The molecule has 0 unspecified atom stereocenters. The van der Waals surface area contributed by atoms with E-state index in [2.05, 4.69) is 0 Å². The van der Waals surface area contributed by atoms with E-state index in [-0.39, 0.29) is 17.2 Å². The number of carbonyl (C=O) groups excluding carboxylic acids is 1. The van der Waals surface area contributed by atoms with Crippen molar-refractivity contribution in [3.63, 3.8) is 0 Å². The lowest BCUT2D eigenvalue weighted by molar-refractivity contribution is 0.159. The number of likely N-dealkylation sites (tertiary alicyclic amines) is 1. The number of amides is 2. The smallest absolute Gasteiger partial charge is 0.325 e. The van der Waals surface area contributed by atoms with E-state index in [1.807, 2.05) is 24.2 Å². The Kier molecular flexibility index (Phi) is 4.70. The Morgan fingerprint density at radius 3 is 2.48 bits per heavy atom. The van der Waals surface area contributed by atoms with E-state index in [0.717, 1.165) is 17.7 Å². The van der Waals surface area contributed by atoms with Crippen molar-refractivity contribution in [2.45, 2.75) is 12.8 Å². The summed E-state index contributed by atoms with van der Waals surface area (Å²) in [6.07, 6.45) is 4.57. The first-order chi connectivity index (χ1) is 12.0. The highest BCUT2D eigenvalue weighted by atomic mass is 19.1. The number of nitrogens with zero attached hydrogens (tertiary/aromatic N) is 4. The van der Waals surface area contributed by atoms with E-state index in [4.69, 9.17) is 0 Å². The minimum atomic E-state index is -0.743. The van der Waals surface area contributed by atoms with Crippen LogP contribution in [0.15, 0.2) is 36.2 Å². The fourth-order valence-corrected chi connectivity index (χ4v) is 3.07. The maximum absolute atomic E-state index is 14.0. The first kappa shape index (κ1) is 17.0. The first-order valence-corrected chi connectivity index (χ1v) is 8.01. The molecule has 7 heteroatoms. The molecule has 0 aliphatic carbocycles. The van der Waals surface area contributed by atoms with Crippen molar-refractivity contribution in [3.8, 4) is 6.07 Å². The third-order valence-corrected chi connectivity index (χ3v) is 4.43. The average molecular weight is 344 g/mol. The molecule has 1 aromatic carbocycles. The molecule has 3 rings (SSSR count). The number of hydrogen-bond acceptors (Lipinski definition) is 3. The summed E-state index contributed by atoms with van der Waals surface area (Å²) in [5, 5.41) is 9.43. The van der Waals surface area contributed by atoms with E-state index >= 15 is 0 Å². The Bertz CT molecular complexity index is 787. The van der Waals surface area contributed by atoms with Crippen LogP contribution < -0.4 is 0 Å². The Morgan fingerprint density at radius 1 is 1.20 bits per heavy atom. The van der Waals surface area contributed by atoms with Crippen molar-refractivity contribution in [2.24, 2.45) is 0 Å². The molecular formula is C18H18F2N4O. The highest BCUT2D eigenvalue weighted by molar-refractivity contribution is 5.80. The molecule has 0 aromatic heterocycles. The second kappa shape index (κ2) is 6.93. The second-order valence-corrected chi connectivity index (χ2v) is 6.15. The zero-order valence-electron chi connectivity index (χ0n) is 13.9. The largest absolute Gasteiger partial charge is 0.361 e. The molecule has 0 atom stereocenters. The third kappa shape index (κ3) is 3.48. The minimum Gasteiger partial charge on any atom is -0.361 e. The van der Waals surface area contributed by atoms with Crippen LogP contribution in [0.2, 0.25) is 0 Å². The zero-order chi connectivity index (χ0) is 18.0.